The normalized spacial score (nSPS) is 12.3. The highest BCUT2D eigenvalue weighted by atomic mass is 16.3. The van der Waals surface area contributed by atoms with Gasteiger partial charge < -0.3 is 4.42 Å². The molecule has 0 saturated heterocycles. The topological polar surface area (TPSA) is 13.1 Å². The van der Waals surface area contributed by atoms with E-state index >= 15 is 0 Å². The molecule has 1 aromatic heterocycles. The van der Waals surface area contributed by atoms with E-state index in [0.717, 1.165) is 27.5 Å². The van der Waals surface area contributed by atoms with E-state index in [1.807, 2.05) is 0 Å². The fraction of sp³-hybridized carbons (Fsp3) is 0. The number of furan rings is 1. The Hall–Kier alpha value is -8.00. The van der Waals surface area contributed by atoms with Crippen molar-refractivity contribution in [3.8, 4) is 44.5 Å². The van der Waals surface area contributed by atoms with Crippen molar-refractivity contribution >= 4 is 97.3 Å². The lowest BCUT2D eigenvalue weighted by atomic mass is 9.82. The van der Waals surface area contributed by atoms with Gasteiger partial charge in [0.15, 0.2) is 0 Å². The average molecular weight is 771 g/mol. The van der Waals surface area contributed by atoms with E-state index in [0.29, 0.717) is 0 Å². The second kappa shape index (κ2) is 12.3. The van der Waals surface area contributed by atoms with Gasteiger partial charge in [-0.1, -0.05) is 200 Å². The van der Waals surface area contributed by atoms with E-state index in [4.69, 9.17) is 4.42 Å². The predicted octanol–water partition coefficient (Wildman–Crippen LogP) is 17.2. The number of hydrogen-bond donors (Lipinski definition) is 0. The zero-order chi connectivity index (χ0) is 39.8. The number of rotatable bonds is 4. The van der Waals surface area contributed by atoms with Gasteiger partial charge in [-0.05, 0) is 115 Å². The van der Waals surface area contributed by atoms with Crippen LogP contribution in [0, 0.1) is 0 Å². The van der Waals surface area contributed by atoms with Crippen LogP contribution in [0.2, 0.25) is 0 Å². The molecule has 1 heteroatoms. The molecule has 280 valence electrons. The van der Waals surface area contributed by atoms with Gasteiger partial charge in [0.1, 0.15) is 11.2 Å². The Bertz CT molecular complexity index is 4080. The third-order valence-corrected chi connectivity index (χ3v) is 13.6. The zero-order valence-electron chi connectivity index (χ0n) is 33.0. The number of benzene rings is 13. The minimum absolute atomic E-state index is 0.894. The fourth-order valence-electron chi connectivity index (χ4n) is 11.0. The number of para-hydroxylation sites is 1. The molecule has 0 aliphatic heterocycles. The van der Waals surface area contributed by atoms with Crippen LogP contribution in [0.3, 0.4) is 0 Å². The molecule has 0 radical (unpaired) electrons. The summed E-state index contributed by atoms with van der Waals surface area (Å²) in [7, 11) is 0. The van der Waals surface area contributed by atoms with E-state index in [1.165, 1.54) is 114 Å². The van der Waals surface area contributed by atoms with Gasteiger partial charge in [0, 0.05) is 21.9 Å². The maximum Gasteiger partial charge on any atom is 0.144 e. The Morgan fingerprint density at radius 3 is 1.08 bits per heavy atom. The molecule has 0 N–H and O–H groups in total. The first kappa shape index (κ1) is 32.9. The Kier molecular flexibility index (Phi) is 6.62. The van der Waals surface area contributed by atoms with Crippen LogP contribution >= 0.6 is 0 Å². The summed E-state index contributed by atoms with van der Waals surface area (Å²) in [4.78, 5) is 0. The van der Waals surface area contributed by atoms with Gasteiger partial charge in [-0.2, -0.15) is 0 Å². The second-order valence-electron chi connectivity index (χ2n) is 16.6. The Labute approximate surface area is 351 Å². The SMILES string of the molecule is c1ccc(-c2ccc3ccc4c(-c5c6ccccc6c(-c6ccc7ccc8c(-c9ccccc9)ccc9ccc6c7c98)c6c5oc5ccccc56)ccc5ccc2c3c54)cc1. The molecule has 0 spiro atoms. The molecule has 0 aliphatic rings. The third kappa shape index (κ3) is 4.50. The molecule has 14 aromatic rings. The van der Waals surface area contributed by atoms with Crippen LogP contribution in [0.25, 0.3) is 142 Å². The lowest BCUT2D eigenvalue weighted by molar-refractivity contribution is 0.670. The van der Waals surface area contributed by atoms with E-state index in [1.54, 1.807) is 0 Å². The summed E-state index contributed by atoms with van der Waals surface area (Å²) in [6, 6.07) is 76.2. The number of hydrogen-bond acceptors (Lipinski definition) is 1. The largest absolute Gasteiger partial charge is 0.455 e. The first-order chi connectivity index (χ1) is 30.3. The van der Waals surface area contributed by atoms with E-state index in [9.17, 15) is 0 Å². The molecule has 0 fully saturated rings. The predicted molar refractivity (Wildman–Crippen MR) is 260 cm³/mol. The quantitative estimate of drug-likeness (QED) is 0.162. The summed E-state index contributed by atoms with van der Waals surface area (Å²) < 4.78 is 7.17. The second-order valence-corrected chi connectivity index (χ2v) is 16.6. The van der Waals surface area contributed by atoms with Gasteiger partial charge >= 0.3 is 0 Å². The van der Waals surface area contributed by atoms with Crippen molar-refractivity contribution in [3.63, 3.8) is 0 Å². The summed E-state index contributed by atoms with van der Waals surface area (Å²) >= 11 is 0. The molecule has 14 rings (SSSR count). The Morgan fingerprint density at radius 1 is 0.230 bits per heavy atom. The molecule has 0 aliphatic carbocycles. The molecular weight excluding hydrogens is 737 g/mol. The van der Waals surface area contributed by atoms with Gasteiger partial charge in [0.05, 0.1) is 0 Å². The summed E-state index contributed by atoms with van der Waals surface area (Å²) in [6.07, 6.45) is 0. The van der Waals surface area contributed by atoms with Crippen LogP contribution in [-0.4, -0.2) is 0 Å². The van der Waals surface area contributed by atoms with Crippen molar-refractivity contribution in [2.24, 2.45) is 0 Å². The molecule has 0 saturated carbocycles. The van der Waals surface area contributed by atoms with Gasteiger partial charge in [0.2, 0.25) is 0 Å². The zero-order valence-corrected chi connectivity index (χ0v) is 33.0. The van der Waals surface area contributed by atoms with Crippen molar-refractivity contribution in [2.75, 3.05) is 0 Å². The summed E-state index contributed by atoms with van der Waals surface area (Å²) in [5, 5.41) is 20.0. The van der Waals surface area contributed by atoms with Crippen LogP contribution in [0.4, 0.5) is 0 Å². The molecule has 1 nitrogen and oxygen atoms in total. The molecule has 0 bridgehead atoms. The Balaban J connectivity index is 1.10. The van der Waals surface area contributed by atoms with Crippen LogP contribution in [0.1, 0.15) is 0 Å². The van der Waals surface area contributed by atoms with Gasteiger partial charge in [0.25, 0.3) is 0 Å². The maximum atomic E-state index is 7.17. The minimum atomic E-state index is 0.894. The van der Waals surface area contributed by atoms with Crippen molar-refractivity contribution in [1.82, 2.24) is 0 Å². The summed E-state index contributed by atoms with van der Waals surface area (Å²) in [5.74, 6) is 0. The summed E-state index contributed by atoms with van der Waals surface area (Å²) in [5.41, 5.74) is 11.5. The molecule has 0 amide bonds. The Morgan fingerprint density at radius 2 is 0.590 bits per heavy atom. The van der Waals surface area contributed by atoms with Crippen molar-refractivity contribution in [2.45, 2.75) is 0 Å². The van der Waals surface area contributed by atoms with Crippen molar-refractivity contribution in [3.05, 3.63) is 206 Å². The first-order valence-electron chi connectivity index (χ1n) is 21.2. The van der Waals surface area contributed by atoms with Crippen LogP contribution in [-0.2, 0) is 0 Å². The fourth-order valence-corrected chi connectivity index (χ4v) is 11.0. The first-order valence-corrected chi connectivity index (χ1v) is 21.2. The van der Waals surface area contributed by atoms with E-state index < -0.39 is 0 Å². The summed E-state index contributed by atoms with van der Waals surface area (Å²) in [6.45, 7) is 0. The lowest BCUT2D eigenvalue weighted by Gasteiger charge is -2.20. The van der Waals surface area contributed by atoms with Crippen molar-refractivity contribution in [1.29, 1.82) is 0 Å². The highest BCUT2D eigenvalue weighted by molar-refractivity contribution is 6.35. The van der Waals surface area contributed by atoms with Crippen LogP contribution in [0.5, 0.6) is 0 Å². The van der Waals surface area contributed by atoms with E-state index in [-0.39, 0.29) is 0 Å². The molecular formula is C60H34O. The molecule has 0 atom stereocenters. The lowest BCUT2D eigenvalue weighted by Crippen LogP contribution is -1.93. The van der Waals surface area contributed by atoms with Crippen LogP contribution < -0.4 is 0 Å². The average Bonchev–Trinajstić information content (AvgIpc) is 3.71. The molecule has 13 aromatic carbocycles. The smallest absolute Gasteiger partial charge is 0.144 e. The van der Waals surface area contributed by atoms with Crippen molar-refractivity contribution < 1.29 is 4.42 Å². The highest BCUT2D eigenvalue weighted by Crippen LogP contribution is 2.52. The molecule has 0 unspecified atom stereocenters. The van der Waals surface area contributed by atoms with Gasteiger partial charge in [-0.3, -0.25) is 0 Å². The van der Waals surface area contributed by atoms with Gasteiger partial charge in [-0.15, -0.1) is 0 Å². The van der Waals surface area contributed by atoms with Gasteiger partial charge in [-0.25, -0.2) is 0 Å². The number of fused-ring (bicyclic) bond motifs is 4. The minimum Gasteiger partial charge on any atom is -0.455 e. The standard InChI is InChI=1S/C60H34O/c1-3-11-35(12-4-1)41-27-19-37-23-31-47-49(33-25-39-21-29-45(41)53(37)55(39)47)57-43-15-7-8-16-44(43)58(60-59(57)51-17-9-10-18-52(51)61-60)50-34-26-40-22-30-46-42(36-13-5-2-6-14-36)28-20-38-24-32-48(50)56(40)54(38)46/h1-34H. The molecule has 1 heterocycles. The maximum absolute atomic E-state index is 7.17. The molecule has 61 heavy (non-hydrogen) atoms. The monoisotopic (exact) mass is 770 g/mol. The van der Waals surface area contributed by atoms with E-state index in [2.05, 4.69) is 206 Å². The third-order valence-electron chi connectivity index (χ3n) is 13.6. The van der Waals surface area contributed by atoms with Crippen LogP contribution in [0.15, 0.2) is 211 Å². The highest BCUT2D eigenvalue weighted by Gasteiger charge is 2.26.